The van der Waals surface area contributed by atoms with Crippen LogP contribution >= 0.6 is 0 Å². The molecule has 0 saturated carbocycles. The lowest BCUT2D eigenvalue weighted by Gasteiger charge is -2.16. The van der Waals surface area contributed by atoms with Crippen molar-refractivity contribution in [2.24, 2.45) is 5.73 Å². The highest BCUT2D eigenvalue weighted by Crippen LogP contribution is 2.30. The smallest absolute Gasteiger partial charge is 0.303 e. The summed E-state index contributed by atoms with van der Waals surface area (Å²) in [5, 5.41) is 8.63. The third kappa shape index (κ3) is 3.70. The second-order valence-electron chi connectivity index (χ2n) is 4.16. The van der Waals surface area contributed by atoms with E-state index in [1.54, 1.807) is 18.2 Å². The Morgan fingerprint density at radius 3 is 2.72 bits per heavy atom. The molecule has 0 radical (unpaired) electrons. The fourth-order valence-corrected chi connectivity index (χ4v) is 1.72. The van der Waals surface area contributed by atoms with Gasteiger partial charge in [-0.15, -0.1) is 0 Å². The molecular weight excluding hydrogens is 237 g/mol. The second-order valence-corrected chi connectivity index (χ2v) is 4.16. The van der Waals surface area contributed by atoms with Gasteiger partial charge in [-0.1, -0.05) is 6.07 Å². The number of hydrogen-bond donors (Lipinski definition) is 2. The molecule has 2 atom stereocenters. The molecule has 0 aromatic heterocycles. The molecule has 1 aromatic carbocycles. The Morgan fingerprint density at radius 2 is 2.22 bits per heavy atom. The average Bonchev–Trinajstić information content (AvgIpc) is 2.34. The normalized spacial score (nSPS) is 14.0. The molecule has 0 aliphatic carbocycles. The Balaban J connectivity index is 2.96. The van der Waals surface area contributed by atoms with Crippen molar-refractivity contribution in [3.63, 3.8) is 0 Å². The van der Waals surface area contributed by atoms with E-state index in [1.165, 1.54) is 14.0 Å². The van der Waals surface area contributed by atoms with Gasteiger partial charge in [-0.25, -0.2) is 4.39 Å². The molecule has 0 saturated heterocycles. The van der Waals surface area contributed by atoms with Crippen molar-refractivity contribution in [3.05, 3.63) is 29.3 Å². The number of methoxy groups -OCH3 is 1. The van der Waals surface area contributed by atoms with Gasteiger partial charge in [0, 0.05) is 18.0 Å². The van der Waals surface area contributed by atoms with Gasteiger partial charge in [0.25, 0.3) is 0 Å². The van der Waals surface area contributed by atoms with Gasteiger partial charge in [-0.05, 0) is 31.0 Å². The Labute approximate surface area is 106 Å². The van der Waals surface area contributed by atoms with E-state index in [9.17, 15) is 9.18 Å². The van der Waals surface area contributed by atoms with E-state index in [-0.39, 0.29) is 12.8 Å². The van der Waals surface area contributed by atoms with Gasteiger partial charge in [0.2, 0.25) is 0 Å². The number of carboxylic acids is 1. The second kappa shape index (κ2) is 6.35. The van der Waals surface area contributed by atoms with Crippen LogP contribution in [-0.2, 0) is 4.79 Å². The number of hydrogen-bond acceptors (Lipinski definition) is 3. The fraction of sp³-hybridized carbons (Fsp3) is 0.462. The molecule has 0 spiro atoms. The van der Waals surface area contributed by atoms with Crippen molar-refractivity contribution in [3.8, 4) is 5.75 Å². The predicted molar refractivity (Wildman–Crippen MR) is 66.3 cm³/mol. The molecule has 0 fully saturated rings. The molecule has 18 heavy (non-hydrogen) atoms. The van der Waals surface area contributed by atoms with Gasteiger partial charge in [0.05, 0.1) is 7.11 Å². The molecule has 0 bridgehead atoms. The van der Waals surface area contributed by atoms with Gasteiger partial charge in [0.15, 0.2) is 0 Å². The Morgan fingerprint density at radius 1 is 1.56 bits per heavy atom. The standard InChI is InChI=1S/C13H18FNO3/c1-8(14)9-3-5-12(18-2)10(7-9)11(15)4-6-13(16)17/h3,5,7-8,11H,4,6,15H2,1-2H3,(H,16,17). The molecule has 100 valence electrons. The lowest BCUT2D eigenvalue weighted by Crippen LogP contribution is -2.14. The molecule has 0 heterocycles. The number of carboxylic acid groups (broad SMARTS) is 1. The zero-order valence-electron chi connectivity index (χ0n) is 10.5. The summed E-state index contributed by atoms with van der Waals surface area (Å²) in [6.45, 7) is 1.44. The maximum atomic E-state index is 13.3. The highest BCUT2D eigenvalue weighted by atomic mass is 19.1. The zero-order valence-corrected chi connectivity index (χ0v) is 10.5. The van der Waals surface area contributed by atoms with Crippen molar-refractivity contribution in [2.75, 3.05) is 7.11 Å². The van der Waals surface area contributed by atoms with Crippen LogP contribution in [0.3, 0.4) is 0 Å². The SMILES string of the molecule is COc1ccc(C(C)F)cc1C(N)CCC(=O)O. The maximum absolute atomic E-state index is 13.3. The fourth-order valence-electron chi connectivity index (χ4n) is 1.72. The van der Waals surface area contributed by atoms with Crippen LogP contribution in [-0.4, -0.2) is 18.2 Å². The summed E-state index contributed by atoms with van der Waals surface area (Å²) < 4.78 is 18.4. The molecule has 5 heteroatoms. The van der Waals surface area contributed by atoms with Gasteiger partial charge in [-0.3, -0.25) is 4.79 Å². The van der Waals surface area contributed by atoms with Gasteiger partial charge >= 0.3 is 5.97 Å². The predicted octanol–water partition coefficient (Wildman–Crippen LogP) is 2.59. The van der Waals surface area contributed by atoms with Crippen molar-refractivity contribution >= 4 is 5.97 Å². The van der Waals surface area contributed by atoms with Crippen LogP contribution in [0, 0.1) is 0 Å². The van der Waals surface area contributed by atoms with E-state index in [1.807, 2.05) is 0 Å². The first-order valence-electron chi connectivity index (χ1n) is 5.75. The van der Waals surface area contributed by atoms with Gasteiger partial charge in [-0.2, -0.15) is 0 Å². The lowest BCUT2D eigenvalue weighted by atomic mass is 9.98. The number of benzene rings is 1. The first kappa shape index (κ1) is 14.4. The van der Waals surface area contributed by atoms with Crippen LogP contribution in [0.15, 0.2) is 18.2 Å². The monoisotopic (exact) mass is 255 g/mol. The van der Waals surface area contributed by atoms with Crippen LogP contribution in [0.2, 0.25) is 0 Å². The van der Waals surface area contributed by atoms with E-state index in [0.29, 0.717) is 16.9 Å². The van der Waals surface area contributed by atoms with E-state index >= 15 is 0 Å². The number of aliphatic carboxylic acids is 1. The molecule has 1 rings (SSSR count). The minimum Gasteiger partial charge on any atom is -0.496 e. The van der Waals surface area contributed by atoms with E-state index in [0.717, 1.165) is 0 Å². The van der Waals surface area contributed by atoms with Crippen molar-refractivity contribution in [2.45, 2.75) is 32.0 Å². The minimum absolute atomic E-state index is 0.0280. The topological polar surface area (TPSA) is 72.5 Å². The number of alkyl halides is 1. The molecule has 0 aliphatic heterocycles. The third-order valence-corrected chi connectivity index (χ3v) is 2.78. The first-order chi connectivity index (χ1) is 8.45. The molecule has 1 aromatic rings. The third-order valence-electron chi connectivity index (χ3n) is 2.78. The average molecular weight is 255 g/mol. The number of ether oxygens (including phenoxy) is 1. The summed E-state index contributed by atoms with van der Waals surface area (Å²) in [6.07, 6.45) is -0.837. The first-order valence-corrected chi connectivity index (χ1v) is 5.75. The highest BCUT2D eigenvalue weighted by Gasteiger charge is 2.15. The van der Waals surface area contributed by atoms with Crippen molar-refractivity contribution < 1.29 is 19.0 Å². The highest BCUT2D eigenvalue weighted by molar-refractivity contribution is 5.66. The van der Waals surface area contributed by atoms with Crippen LogP contribution in [0.1, 0.15) is 43.1 Å². The van der Waals surface area contributed by atoms with Gasteiger partial charge < -0.3 is 15.6 Å². The maximum Gasteiger partial charge on any atom is 0.303 e. The molecule has 0 aliphatic rings. The minimum atomic E-state index is -1.10. The molecule has 4 nitrogen and oxygen atoms in total. The van der Waals surface area contributed by atoms with E-state index in [4.69, 9.17) is 15.6 Å². The lowest BCUT2D eigenvalue weighted by molar-refractivity contribution is -0.137. The van der Waals surface area contributed by atoms with Crippen LogP contribution in [0.5, 0.6) is 5.75 Å². The van der Waals surface area contributed by atoms with Crippen LogP contribution in [0.4, 0.5) is 4.39 Å². The van der Waals surface area contributed by atoms with Crippen LogP contribution < -0.4 is 10.5 Å². The zero-order chi connectivity index (χ0) is 13.7. The molecule has 2 unspecified atom stereocenters. The summed E-state index contributed by atoms with van der Waals surface area (Å²) in [6, 6.07) is 4.45. The van der Waals surface area contributed by atoms with Crippen molar-refractivity contribution in [1.29, 1.82) is 0 Å². The number of nitrogens with two attached hydrogens (primary N) is 1. The summed E-state index contributed by atoms with van der Waals surface area (Å²) in [7, 11) is 1.50. The quantitative estimate of drug-likeness (QED) is 0.819. The number of halogens is 1. The summed E-state index contributed by atoms with van der Waals surface area (Å²) in [5.41, 5.74) is 7.07. The molecule has 3 N–H and O–H groups in total. The Kier molecular flexibility index (Phi) is 5.09. The molecular formula is C13H18FNO3. The largest absolute Gasteiger partial charge is 0.496 e. The number of rotatable bonds is 6. The number of carbonyl (C=O) groups is 1. The Hall–Kier alpha value is -1.62. The summed E-state index contributed by atoms with van der Waals surface area (Å²) in [5.74, 6) is -0.350. The van der Waals surface area contributed by atoms with E-state index < -0.39 is 18.2 Å². The molecule has 0 amide bonds. The van der Waals surface area contributed by atoms with Crippen molar-refractivity contribution in [1.82, 2.24) is 0 Å². The van der Waals surface area contributed by atoms with E-state index in [2.05, 4.69) is 0 Å². The Bertz CT molecular complexity index is 421. The van der Waals surface area contributed by atoms with Crippen LogP contribution in [0.25, 0.3) is 0 Å². The van der Waals surface area contributed by atoms with Gasteiger partial charge in [0.1, 0.15) is 11.9 Å². The summed E-state index contributed by atoms with van der Waals surface area (Å²) >= 11 is 0. The summed E-state index contributed by atoms with van der Waals surface area (Å²) in [4.78, 5) is 10.5.